The predicted molar refractivity (Wildman–Crippen MR) is 78.5 cm³/mol. The molecule has 0 aliphatic rings. The smallest absolute Gasteiger partial charge is 0.276 e. The van der Waals surface area contributed by atoms with Gasteiger partial charge in [0.05, 0.1) is 10.9 Å². The molecule has 0 spiro atoms. The average molecular weight is 288 g/mol. The summed E-state index contributed by atoms with van der Waals surface area (Å²) in [7, 11) is 0. The average Bonchev–Trinajstić information content (AvgIpc) is 2.97. The van der Waals surface area contributed by atoms with Crippen LogP contribution in [0, 0.1) is 0 Å². The molecule has 1 aromatic carbocycles. The zero-order valence-corrected chi connectivity index (χ0v) is 11.8. The highest BCUT2D eigenvalue weighted by Crippen LogP contribution is 2.26. The number of nitrogens with zero attached hydrogens (tertiary/aromatic N) is 3. The molecule has 0 amide bonds. The van der Waals surface area contributed by atoms with Gasteiger partial charge in [0.1, 0.15) is 5.69 Å². The van der Waals surface area contributed by atoms with Crippen LogP contribution >= 0.6 is 11.6 Å². The van der Waals surface area contributed by atoms with Crippen LogP contribution in [-0.4, -0.2) is 15.1 Å². The lowest BCUT2D eigenvalue weighted by atomic mass is 10.2. The monoisotopic (exact) mass is 287 g/mol. The van der Waals surface area contributed by atoms with E-state index in [1.165, 1.54) is 0 Å². The maximum Gasteiger partial charge on any atom is 0.276 e. The van der Waals surface area contributed by atoms with E-state index in [4.69, 9.17) is 16.1 Å². The van der Waals surface area contributed by atoms with E-state index in [9.17, 15) is 0 Å². The first-order valence-corrected chi connectivity index (χ1v) is 7.05. The van der Waals surface area contributed by atoms with Crippen molar-refractivity contribution in [3.63, 3.8) is 0 Å². The number of para-hydroxylation sites is 1. The van der Waals surface area contributed by atoms with Crippen LogP contribution in [0.15, 0.2) is 40.9 Å². The molecule has 1 atom stereocenters. The van der Waals surface area contributed by atoms with E-state index in [1.54, 1.807) is 0 Å². The Bertz CT molecular complexity index is 726. The van der Waals surface area contributed by atoms with Gasteiger partial charge in [0.2, 0.25) is 0 Å². The molecule has 20 heavy (non-hydrogen) atoms. The summed E-state index contributed by atoms with van der Waals surface area (Å²) in [6.07, 6.45) is 1.80. The third-order valence-corrected chi connectivity index (χ3v) is 3.49. The van der Waals surface area contributed by atoms with Gasteiger partial charge in [-0.1, -0.05) is 42.8 Å². The maximum atomic E-state index is 6.20. The molecule has 0 aliphatic heterocycles. The first-order chi connectivity index (χ1) is 9.78. The molecule has 0 fully saturated rings. The summed E-state index contributed by atoms with van der Waals surface area (Å²) in [5.74, 6) is 0.936. The Labute approximate surface area is 121 Å². The van der Waals surface area contributed by atoms with Crippen molar-refractivity contribution in [1.82, 2.24) is 15.1 Å². The quantitative estimate of drug-likeness (QED) is 0.669. The van der Waals surface area contributed by atoms with Crippen LogP contribution in [0.2, 0.25) is 0 Å². The first-order valence-electron chi connectivity index (χ1n) is 6.62. The highest BCUT2D eigenvalue weighted by atomic mass is 35.5. The molecule has 102 valence electrons. The van der Waals surface area contributed by atoms with Gasteiger partial charge in [0.25, 0.3) is 5.89 Å². The Balaban J connectivity index is 1.94. The summed E-state index contributed by atoms with van der Waals surface area (Å²) >= 11 is 6.20. The molecule has 3 rings (SSSR count). The van der Waals surface area contributed by atoms with Crippen molar-refractivity contribution in [2.75, 3.05) is 0 Å². The lowest BCUT2D eigenvalue weighted by molar-refractivity contribution is 0.419. The minimum atomic E-state index is -0.210. The number of alkyl halides is 1. The number of fused-ring (bicyclic) bond motifs is 1. The van der Waals surface area contributed by atoms with E-state index in [0.29, 0.717) is 17.4 Å². The second-order valence-corrected chi connectivity index (χ2v) is 5.13. The Kier molecular flexibility index (Phi) is 3.65. The molecular weight excluding hydrogens is 274 g/mol. The molecule has 0 bridgehead atoms. The Morgan fingerprint density at radius 3 is 2.85 bits per heavy atom. The van der Waals surface area contributed by atoms with Crippen LogP contribution in [0.25, 0.3) is 22.5 Å². The number of aromatic nitrogens is 3. The van der Waals surface area contributed by atoms with E-state index in [2.05, 4.69) is 22.0 Å². The van der Waals surface area contributed by atoms with E-state index < -0.39 is 0 Å². The minimum Gasteiger partial charge on any atom is -0.332 e. The van der Waals surface area contributed by atoms with Gasteiger partial charge in [0.15, 0.2) is 5.82 Å². The summed E-state index contributed by atoms with van der Waals surface area (Å²) in [6, 6.07) is 11.8. The van der Waals surface area contributed by atoms with Gasteiger partial charge >= 0.3 is 0 Å². The molecular formula is C15H14ClN3O. The van der Waals surface area contributed by atoms with E-state index in [-0.39, 0.29) is 5.38 Å². The predicted octanol–water partition coefficient (Wildman–Crippen LogP) is 4.36. The van der Waals surface area contributed by atoms with Crippen molar-refractivity contribution < 1.29 is 4.52 Å². The van der Waals surface area contributed by atoms with Crippen LogP contribution in [0.1, 0.15) is 31.0 Å². The van der Waals surface area contributed by atoms with Gasteiger partial charge < -0.3 is 4.52 Å². The fourth-order valence-electron chi connectivity index (χ4n) is 2.03. The van der Waals surface area contributed by atoms with Crippen molar-refractivity contribution in [1.29, 1.82) is 0 Å². The topological polar surface area (TPSA) is 51.8 Å². The standard InChI is InChI=1S/C15H14ClN3O/c1-2-5-11(16)14-18-15(20-19-14)13-9-8-10-6-3-4-7-12(10)17-13/h3-4,6-9,11H,2,5H2,1H3. The molecule has 1 unspecified atom stereocenters. The normalized spacial score (nSPS) is 12.7. The van der Waals surface area contributed by atoms with Gasteiger partial charge in [-0.25, -0.2) is 4.98 Å². The van der Waals surface area contributed by atoms with Crippen molar-refractivity contribution in [3.8, 4) is 11.6 Å². The molecule has 2 aromatic heterocycles. The van der Waals surface area contributed by atoms with Gasteiger partial charge in [-0.05, 0) is 18.6 Å². The fraction of sp³-hybridized carbons (Fsp3) is 0.267. The summed E-state index contributed by atoms with van der Waals surface area (Å²) < 4.78 is 5.26. The summed E-state index contributed by atoms with van der Waals surface area (Å²) in [5, 5.41) is 4.80. The molecule has 0 saturated carbocycles. The molecule has 0 radical (unpaired) electrons. The van der Waals surface area contributed by atoms with Crippen molar-refractivity contribution in [2.45, 2.75) is 25.1 Å². The van der Waals surface area contributed by atoms with Gasteiger partial charge in [-0.2, -0.15) is 4.98 Å². The molecule has 0 N–H and O–H groups in total. The van der Waals surface area contributed by atoms with Gasteiger partial charge in [0, 0.05) is 5.39 Å². The van der Waals surface area contributed by atoms with Crippen LogP contribution < -0.4 is 0 Å². The van der Waals surface area contributed by atoms with Crippen LogP contribution in [0.5, 0.6) is 0 Å². The summed E-state index contributed by atoms with van der Waals surface area (Å²) in [6.45, 7) is 2.07. The Hall–Kier alpha value is -1.94. The summed E-state index contributed by atoms with van der Waals surface area (Å²) in [4.78, 5) is 8.86. The maximum absolute atomic E-state index is 6.20. The lowest BCUT2D eigenvalue weighted by Crippen LogP contribution is -1.92. The Morgan fingerprint density at radius 1 is 1.15 bits per heavy atom. The van der Waals surface area contributed by atoms with Crippen LogP contribution in [0.3, 0.4) is 0 Å². The fourth-order valence-corrected chi connectivity index (χ4v) is 2.34. The number of halogens is 1. The third-order valence-electron chi connectivity index (χ3n) is 3.08. The Morgan fingerprint density at radius 2 is 2.00 bits per heavy atom. The van der Waals surface area contributed by atoms with E-state index >= 15 is 0 Å². The second kappa shape index (κ2) is 5.59. The molecule has 3 aromatic rings. The molecule has 4 nitrogen and oxygen atoms in total. The van der Waals surface area contributed by atoms with Crippen molar-refractivity contribution >= 4 is 22.5 Å². The van der Waals surface area contributed by atoms with Crippen molar-refractivity contribution in [3.05, 3.63) is 42.2 Å². The van der Waals surface area contributed by atoms with Gasteiger partial charge in [-0.3, -0.25) is 0 Å². The number of pyridine rings is 1. The summed E-state index contributed by atoms with van der Waals surface area (Å²) in [5.41, 5.74) is 1.57. The van der Waals surface area contributed by atoms with Crippen LogP contribution in [0.4, 0.5) is 0 Å². The SMILES string of the molecule is CCCC(Cl)c1noc(-c2ccc3ccccc3n2)n1. The van der Waals surface area contributed by atoms with Gasteiger partial charge in [-0.15, -0.1) is 11.6 Å². The zero-order chi connectivity index (χ0) is 13.9. The number of rotatable bonds is 4. The zero-order valence-electron chi connectivity index (χ0n) is 11.1. The third kappa shape index (κ3) is 2.51. The van der Waals surface area contributed by atoms with E-state index in [1.807, 2.05) is 36.4 Å². The van der Waals surface area contributed by atoms with E-state index in [0.717, 1.165) is 23.7 Å². The second-order valence-electron chi connectivity index (χ2n) is 4.60. The number of hydrogen-bond donors (Lipinski definition) is 0. The van der Waals surface area contributed by atoms with Crippen molar-refractivity contribution in [2.24, 2.45) is 0 Å². The number of hydrogen-bond acceptors (Lipinski definition) is 4. The lowest BCUT2D eigenvalue weighted by Gasteiger charge is -2.00. The molecule has 5 heteroatoms. The first kappa shape index (κ1) is 13.1. The highest BCUT2D eigenvalue weighted by molar-refractivity contribution is 6.20. The highest BCUT2D eigenvalue weighted by Gasteiger charge is 2.16. The van der Waals surface area contributed by atoms with Crippen LogP contribution in [-0.2, 0) is 0 Å². The largest absolute Gasteiger partial charge is 0.332 e. The molecule has 0 saturated heterocycles. The number of benzene rings is 1. The minimum absolute atomic E-state index is 0.210. The molecule has 2 heterocycles. The molecule has 0 aliphatic carbocycles.